The second kappa shape index (κ2) is 6.96. The Labute approximate surface area is 141 Å². The maximum atomic E-state index is 12.6. The van der Waals surface area contributed by atoms with Crippen molar-refractivity contribution in [3.63, 3.8) is 0 Å². The van der Waals surface area contributed by atoms with E-state index < -0.39 is 0 Å². The molecule has 120 valence electrons. The van der Waals surface area contributed by atoms with Crippen molar-refractivity contribution in [3.05, 3.63) is 83.6 Å². The number of pyridine rings is 1. The van der Waals surface area contributed by atoms with Gasteiger partial charge in [-0.05, 0) is 55.8 Å². The fraction of sp³-hybridized carbons (Fsp3) is 0.100. The number of amides is 1. The Bertz CT molecular complexity index is 857. The van der Waals surface area contributed by atoms with Crippen LogP contribution in [0.2, 0.25) is 0 Å². The first-order chi connectivity index (χ1) is 11.6. The van der Waals surface area contributed by atoms with Gasteiger partial charge in [-0.25, -0.2) is 4.98 Å². The Kier molecular flexibility index (Phi) is 4.57. The molecule has 3 rings (SSSR count). The van der Waals surface area contributed by atoms with Crippen molar-refractivity contribution in [1.82, 2.24) is 4.98 Å². The van der Waals surface area contributed by atoms with E-state index in [2.05, 4.69) is 15.6 Å². The zero-order valence-electron chi connectivity index (χ0n) is 13.7. The van der Waals surface area contributed by atoms with E-state index >= 15 is 0 Å². The molecule has 0 aliphatic carbocycles. The number of hydrogen-bond acceptors (Lipinski definition) is 3. The van der Waals surface area contributed by atoms with Crippen molar-refractivity contribution in [3.8, 4) is 0 Å². The topological polar surface area (TPSA) is 54.0 Å². The van der Waals surface area contributed by atoms with Crippen molar-refractivity contribution in [1.29, 1.82) is 0 Å². The molecule has 1 aromatic heterocycles. The Morgan fingerprint density at radius 2 is 1.67 bits per heavy atom. The lowest BCUT2D eigenvalue weighted by atomic mass is 10.2. The van der Waals surface area contributed by atoms with Crippen LogP contribution in [0, 0.1) is 13.8 Å². The van der Waals surface area contributed by atoms with Gasteiger partial charge in [0.15, 0.2) is 0 Å². The molecule has 1 amide bonds. The van der Waals surface area contributed by atoms with Crippen molar-refractivity contribution < 1.29 is 4.79 Å². The van der Waals surface area contributed by atoms with E-state index in [9.17, 15) is 4.79 Å². The predicted octanol–water partition coefficient (Wildman–Crippen LogP) is 4.69. The molecule has 0 unspecified atom stereocenters. The Hall–Kier alpha value is -3.14. The Morgan fingerprint density at radius 3 is 2.42 bits per heavy atom. The van der Waals surface area contributed by atoms with E-state index in [1.54, 1.807) is 18.3 Å². The highest BCUT2D eigenvalue weighted by Gasteiger charge is 2.12. The summed E-state index contributed by atoms with van der Waals surface area (Å²) in [6.45, 7) is 4.02. The third-order valence-electron chi connectivity index (χ3n) is 3.64. The lowest BCUT2D eigenvalue weighted by Gasteiger charge is -2.11. The molecule has 4 heteroatoms. The standard InChI is InChI=1S/C20H19N3O/c1-14-8-10-16(11-9-14)22-19-18(7-4-12-21-19)20(24)23-17-6-3-5-15(2)13-17/h3-13H,1-2H3,(H,21,22)(H,23,24). The SMILES string of the molecule is Cc1ccc(Nc2ncccc2C(=O)Nc2cccc(C)c2)cc1. The molecule has 0 radical (unpaired) electrons. The van der Waals surface area contributed by atoms with Gasteiger partial charge in [-0.15, -0.1) is 0 Å². The molecule has 24 heavy (non-hydrogen) atoms. The predicted molar refractivity (Wildman–Crippen MR) is 97.8 cm³/mol. The number of carbonyl (C=O) groups is 1. The third-order valence-corrected chi connectivity index (χ3v) is 3.64. The highest BCUT2D eigenvalue weighted by Crippen LogP contribution is 2.20. The van der Waals surface area contributed by atoms with Crippen LogP contribution in [-0.4, -0.2) is 10.9 Å². The van der Waals surface area contributed by atoms with E-state index in [0.717, 1.165) is 16.9 Å². The molecular weight excluding hydrogens is 298 g/mol. The molecular formula is C20H19N3O. The highest BCUT2D eigenvalue weighted by atomic mass is 16.1. The number of anilines is 3. The summed E-state index contributed by atoms with van der Waals surface area (Å²) in [7, 11) is 0. The Balaban J connectivity index is 1.83. The van der Waals surface area contributed by atoms with E-state index in [1.165, 1.54) is 5.56 Å². The van der Waals surface area contributed by atoms with Crippen molar-refractivity contribution in [2.24, 2.45) is 0 Å². The summed E-state index contributed by atoms with van der Waals surface area (Å²) in [4.78, 5) is 16.9. The lowest BCUT2D eigenvalue weighted by molar-refractivity contribution is 0.102. The van der Waals surface area contributed by atoms with Gasteiger partial charge in [-0.3, -0.25) is 4.79 Å². The van der Waals surface area contributed by atoms with Crippen LogP contribution in [0.4, 0.5) is 17.2 Å². The van der Waals surface area contributed by atoms with Crippen LogP contribution in [-0.2, 0) is 0 Å². The molecule has 4 nitrogen and oxygen atoms in total. The number of aromatic nitrogens is 1. The number of hydrogen-bond donors (Lipinski definition) is 2. The van der Waals surface area contributed by atoms with Crippen molar-refractivity contribution in [2.45, 2.75) is 13.8 Å². The first-order valence-corrected chi connectivity index (χ1v) is 7.78. The number of nitrogens with zero attached hydrogens (tertiary/aromatic N) is 1. The maximum Gasteiger partial charge on any atom is 0.259 e. The fourth-order valence-corrected chi connectivity index (χ4v) is 2.38. The molecule has 0 bridgehead atoms. The number of nitrogens with one attached hydrogen (secondary N) is 2. The van der Waals surface area contributed by atoms with Crippen LogP contribution in [0.5, 0.6) is 0 Å². The maximum absolute atomic E-state index is 12.6. The monoisotopic (exact) mass is 317 g/mol. The molecule has 0 saturated carbocycles. The van der Waals surface area contributed by atoms with E-state index in [1.807, 2.05) is 62.4 Å². The van der Waals surface area contributed by atoms with Crippen LogP contribution in [0.3, 0.4) is 0 Å². The molecule has 0 atom stereocenters. The van der Waals surface area contributed by atoms with Gasteiger partial charge in [-0.1, -0.05) is 29.8 Å². The highest BCUT2D eigenvalue weighted by molar-refractivity contribution is 6.07. The summed E-state index contributed by atoms with van der Waals surface area (Å²) < 4.78 is 0. The third kappa shape index (κ3) is 3.79. The molecule has 2 aromatic carbocycles. The fourth-order valence-electron chi connectivity index (χ4n) is 2.38. The quantitative estimate of drug-likeness (QED) is 0.733. The summed E-state index contributed by atoms with van der Waals surface area (Å²) in [5.74, 6) is 0.342. The van der Waals surface area contributed by atoms with Gasteiger partial charge < -0.3 is 10.6 Å². The summed E-state index contributed by atoms with van der Waals surface area (Å²) >= 11 is 0. The van der Waals surface area contributed by atoms with Gasteiger partial charge >= 0.3 is 0 Å². The van der Waals surface area contributed by atoms with E-state index in [0.29, 0.717) is 11.4 Å². The molecule has 0 aliphatic rings. The van der Waals surface area contributed by atoms with Crippen LogP contribution in [0.25, 0.3) is 0 Å². The smallest absolute Gasteiger partial charge is 0.259 e. The van der Waals surface area contributed by atoms with Gasteiger partial charge in [0.1, 0.15) is 5.82 Å². The number of aryl methyl sites for hydroxylation is 2. The normalized spacial score (nSPS) is 10.2. The zero-order valence-corrected chi connectivity index (χ0v) is 13.7. The van der Waals surface area contributed by atoms with Gasteiger partial charge in [-0.2, -0.15) is 0 Å². The largest absolute Gasteiger partial charge is 0.340 e. The molecule has 0 spiro atoms. The molecule has 0 saturated heterocycles. The summed E-state index contributed by atoms with van der Waals surface area (Å²) in [5.41, 5.74) is 4.43. The molecule has 0 aliphatic heterocycles. The van der Waals surface area contributed by atoms with Gasteiger partial charge in [0.25, 0.3) is 5.91 Å². The summed E-state index contributed by atoms with van der Waals surface area (Å²) in [6, 6.07) is 19.2. The van der Waals surface area contributed by atoms with Gasteiger partial charge in [0.2, 0.25) is 0 Å². The summed E-state index contributed by atoms with van der Waals surface area (Å²) in [6.07, 6.45) is 1.67. The summed E-state index contributed by atoms with van der Waals surface area (Å²) in [5, 5.41) is 6.12. The first kappa shape index (κ1) is 15.7. The number of rotatable bonds is 4. The van der Waals surface area contributed by atoms with Crippen LogP contribution >= 0.6 is 0 Å². The molecule has 0 fully saturated rings. The average molecular weight is 317 g/mol. The van der Waals surface area contributed by atoms with Gasteiger partial charge in [0.05, 0.1) is 5.56 Å². The van der Waals surface area contributed by atoms with Crippen LogP contribution in [0.15, 0.2) is 66.9 Å². The first-order valence-electron chi connectivity index (χ1n) is 7.78. The second-order valence-corrected chi connectivity index (χ2v) is 5.71. The molecule has 1 heterocycles. The average Bonchev–Trinajstić information content (AvgIpc) is 2.57. The minimum Gasteiger partial charge on any atom is -0.340 e. The number of carbonyl (C=O) groups excluding carboxylic acids is 1. The molecule has 2 N–H and O–H groups in total. The van der Waals surface area contributed by atoms with Crippen molar-refractivity contribution in [2.75, 3.05) is 10.6 Å². The minimum absolute atomic E-state index is 0.191. The minimum atomic E-state index is -0.191. The zero-order chi connectivity index (χ0) is 16.9. The lowest BCUT2D eigenvalue weighted by Crippen LogP contribution is -2.14. The van der Waals surface area contributed by atoms with Crippen LogP contribution < -0.4 is 10.6 Å². The van der Waals surface area contributed by atoms with Crippen LogP contribution in [0.1, 0.15) is 21.5 Å². The van der Waals surface area contributed by atoms with Crippen molar-refractivity contribution >= 4 is 23.1 Å². The van der Waals surface area contributed by atoms with Gasteiger partial charge in [0, 0.05) is 17.6 Å². The number of benzene rings is 2. The molecule has 3 aromatic rings. The Morgan fingerprint density at radius 1 is 0.875 bits per heavy atom. The second-order valence-electron chi connectivity index (χ2n) is 5.71. The van der Waals surface area contributed by atoms with E-state index in [-0.39, 0.29) is 5.91 Å². The van der Waals surface area contributed by atoms with E-state index in [4.69, 9.17) is 0 Å².